The van der Waals surface area contributed by atoms with Crippen LogP contribution in [0.25, 0.3) is 5.57 Å². The second-order valence-corrected chi connectivity index (χ2v) is 8.86. The lowest BCUT2D eigenvalue weighted by Crippen LogP contribution is -2.63. The first-order valence-electron chi connectivity index (χ1n) is 10.9. The van der Waals surface area contributed by atoms with Crippen molar-refractivity contribution in [1.82, 2.24) is 0 Å². The molecule has 1 saturated heterocycles. The molecule has 1 fully saturated rings. The van der Waals surface area contributed by atoms with Gasteiger partial charge in [0.05, 0.1) is 17.2 Å². The molecule has 0 saturated carbocycles. The standard InChI is InChI=1S/C24H24O10/c1-5-12(25)18(28)15-10-6-8(2)32-20-14(10)11(17(15)27)7-13(26)16-21(20)34-23-24(16,30)22(29)19(31-4)9(3)33-23/h6-7,9,12,19,22-23,25,29-30H,5H2,1-4H3/t9-,12?,19-,22-,23+,24-/m1/s1. The van der Waals surface area contributed by atoms with Gasteiger partial charge in [0.2, 0.25) is 6.29 Å². The number of fused-ring (bicyclic) bond motifs is 4. The number of carbonyl (C=O) groups is 2. The summed E-state index contributed by atoms with van der Waals surface area (Å²) in [4.78, 5) is 39.6. The molecule has 0 amide bonds. The number of hydrogen-bond acceptors (Lipinski definition) is 10. The highest BCUT2D eigenvalue weighted by molar-refractivity contribution is 6.37. The quantitative estimate of drug-likeness (QED) is 0.524. The van der Waals surface area contributed by atoms with E-state index in [4.69, 9.17) is 18.9 Å². The molecule has 1 unspecified atom stereocenters. The summed E-state index contributed by atoms with van der Waals surface area (Å²) in [6.07, 6.45) is -4.48. The number of rotatable bonds is 4. The van der Waals surface area contributed by atoms with E-state index in [2.05, 4.69) is 0 Å². The van der Waals surface area contributed by atoms with Crippen LogP contribution in [0.5, 0.6) is 11.5 Å². The van der Waals surface area contributed by atoms with Crippen molar-refractivity contribution < 1.29 is 43.9 Å². The van der Waals surface area contributed by atoms with Crippen LogP contribution in [0.1, 0.15) is 48.7 Å². The van der Waals surface area contributed by atoms with Gasteiger partial charge < -0.3 is 34.3 Å². The van der Waals surface area contributed by atoms with Crippen LogP contribution in [0.4, 0.5) is 0 Å². The third-order valence-electron chi connectivity index (χ3n) is 6.83. The zero-order chi connectivity index (χ0) is 24.7. The van der Waals surface area contributed by atoms with Crippen LogP contribution in [-0.2, 0) is 19.9 Å². The number of ketones is 2. The smallest absolute Gasteiger partial charge is 0.236 e. The average Bonchev–Trinajstić information content (AvgIpc) is 3.19. The first-order valence-corrected chi connectivity index (χ1v) is 10.9. The Labute approximate surface area is 194 Å². The maximum atomic E-state index is 13.4. The van der Waals surface area contributed by atoms with Crippen LogP contribution in [0.3, 0.4) is 0 Å². The van der Waals surface area contributed by atoms with Crippen LogP contribution in [0.15, 0.2) is 28.3 Å². The highest BCUT2D eigenvalue weighted by atomic mass is 16.7. The summed E-state index contributed by atoms with van der Waals surface area (Å²) in [5.74, 6) is -1.45. The van der Waals surface area contributed by atoms with E-state index in [-0.39, 0.29) is 51.5 Å². The second-order valence-electron chi connectivity index (χ2n) is 8.86. The molecular formula is C24H24O10. The minimum atomic E-state index is -2.30. The Hall–Kier alpha value is -2.89. The molecule has 0 radical (unpaired) electrons. The third kappa shape index (κ3) is 2.77. The van der Waals surface area contributed by atoms with E-state index in [0.29, 0.717) is 0 Å². The third-order valence-corrected chi connectivity index (χ3v) is 6.83. The highest BCUT2D eigenvalue weighted by Crippen LogP contribution is 2.55. The Kier molecular flexibility index (Phi) is 5.08. The summed E-state index contributed by atoms with van der Waals surface area (Å²) in [5.41, 5.74) is -3.46. The van der Waals surface area contributed by atoms with Crippen molar-refractivity contribution in [2.75, 3.05) is 7.11 Å². The van der Waals surface area contributed by atoms with Gasteiger partial charge in [0.25, 0.3) is 0 Å². The number of carbonyl (C=O) groups excluding carboxylic acids is 2. The monoisotopic (exact) mass is 472 g/mol. The van der Waals surface area contributed by atoms with Gasteiger partial charge in [-0.15, -0.1) is 0 Å². The van der Waals surface area contributed by atoms with Crippen molar-refractivity contribution in [2.45, 2.75) is 63.5 Å². The van der Waals surface area contributed by atoms with Crippen LogP contribution in [-0.4, -0.2) is 64.7 Å². The van der Waals surface area contributed by atoms with E-state index in [1.54, 1.807) is 20.8 Å². The van der Waals surface area contributed by atoms with Crippen molar-refractivity contribution in [1.29, 1.82) is 0 Å². The molecule has 6 atom stereocenters. The van der Waals surface area contributed by atoms with Crippen molar-refractivity contribution in [2.24, 2.45) is 0 Å². The van der Waals surface area contributed by atoms with Gasteiger partial charge in [-0.05, 0) is 32.4 Å². The van der Waals surface area contributed by atoms with Gasteiger partial charge in [0, 0.05) is 23.8 Å². The molecule has 180 valence electrons. The number of hydrogen-bond donors (Lipinski definition) is 3. The molecule has 3 aliphatic heterocycles. The summed E-state index contributed by atoms with van der Waals surface area (Å²) in [6, 6.07) is 0.993. The molecule has 1 aromatic carbocycles. The van der Waals surface area contributed by atoms with Gasteiger partial charge >= 0.3 is 0 Å². The first-order chi connectivity index (χ1) is 16.1. The highest BCUT2D eigenvalue weighted by Gasteiger charge is 2.63. The first kappa shape index (κ1) is 22.9. The van der Waals surface area contributed by atoms with Crippen LogP contribution in [0.2, 0.25) is 0 Å². The van der Waals surface area contributed by atoms with E-state index in [0.717, 1.165) is 6.07 Å². The summed E-state index contributed by atoms with van der Waals surface area (Å²) in [5, 5.41) is 32.7. The van der Waals surface area contributed by atoms with Gasteiger partial charge in [0.15, 0.2) is 34.1 Å². The molecule has 3 N–H and O–H groups in total. The summed E-state index contributed by atoms with van der Waals surface area (Å²) < 4.78 is 22.7. The number of aliphatic hydroxyl groups is 3. The molecule has 5 rings (SSSR count). The number of Topliss-reactive ketones (excluding diaryl/α,β-unsaturated/α-hetero) is 2. The van der Waals surface area contributed by atoms with Crippen molar-refractivity contribution in [3.63, 3.8) is 0 Å². The van der Waals surface area contributed by atoms with E-state index < -0.39 is 53.3 Å². The molecule has 34 heavy (non-hydrogen) atoms. The predicted octanol–water partition coefficient (Wildman–Crippen LogP) is 0.334. The van der Waals surface area contributed by atoms with Gasteiger partial charge in [-0.25, -0.2) is 0 Å². The van der Waals surface area contributed by atoms with Crippen molar-refractivity contribution in [3.8, 4) is 11.5 Å². The molecule has 3 heterocycles. The zero-order valence-electron chi connectivity index (χ0n) is 18.9. The Balaban J connectivity index is 1.80. The molecule has 1 aromatic rings. The maximum absolute atomic E-state index is 13.4. The topological polar surface area (TPSA) is 149 Å². The lowest BCUT2D eigenvalue weighted by molar-refractivity contribution is -0.310. The second kappa shape index (κ2) is 7.56. The largest absolute Gasteiger partial charge is 0.457 e. The minimum absolute atomic E-state index is 0.0514. The molecular weight excluding hydrogens is 448 g/mol. The van der Waals surface area contributed by atoms with E-state index >= 15 is 0 Å². The van der Waals surface area contributed by atoms with E-state index in [9.17, 15) is 29.7 Å². The SMILES string of the molecule is CCC(O)C(=O)C1=C2C=C(C)Oc3c4c(c(=O)cc(c32)C1=O)[C@]1(O)[C@H](O4)O[C@H](C)[C@@H](OC)[C@H]1O. The van der Waals surface area contributed by atoms with Gasteiger partial charge in [-0.2, -0.15) is 0 Å². The fraction of sp³-hybridized carbons (Fsp3) is 0.458. The number of methoxy groups -OCH3 is 1. The molecule has 0 aromatic heterocycles. The zero-order valence-corrected chi connectivity index (χ0v) is 18.9. The van der Waals surface area contributed by atoms with Crippen LogP contribution in [0, 0.1) is 0 Å². The fourth-order valence-electron chi connectivity index (χ4n) is 5.12. The number of aliphatic hydroxyl groups excluding tert-OH is 2. The lowest BCUT2D eigenvalue weighted by atomic mass is 9.82. The predicted molar refractivity (Wildman–Crippen MR) is 115 cm³/mol. The number of allylic oxidation sites excluding steroid dienone is 3. The van der Waals surface area contributed by atoms with Crippen molar-refractivity contribution >= 4 is 17.1 Å². The van der Waals surface area contributed by atoms with E-state index in [1.807, 2.05) is 0 Å². The van der Waals surface area contributed by atoms with Crippen LogP contribution < -0.4 is 14.9 Å². The Bertz CT molecular complexity index is 1260. The summed E-state index contributed by atoms with van der Waals surface area (Å²) in [7, 11) is 1.34. The Morgan fingerprint density at radius 3 is 2.65 bits per heavy atom. The average molecular weight is 472 g/mol. The van der Waals surface area contributed by atoms with Crippen LogP contribution >= 0.6 is 0 Å². The maximum Gasteiger partial charge on any atom is 0.236 e. The molecule has 1 aliphatic carbocycles. The normalized spacial score (nSPS) is 31.7. The molecule has 0 bridgehead atoms. The summed E-state index contributed by atoms with van der Waals surface area (Å²) >= 11 is 0. The Morgan fingerprint density at radius 1 is 1.29 bits per heavy atom. The summed E-state index contributed by atoms with van der Waals surface area (Å²) in [6.45, 7) is 4.82. The molecule has 10 heteroatoms. The lowest BCUT2D eigenvalue weighted by Gasteiger charge is -2.44. The fourth-order valence-corrected chi connectivity index (χ4v) is 5.12. The van der Waals surface area contributed by atoms with Gasteiger partial charge in [-0.1, -0.05) is 6.92 Å². The molecule has 10 nitrogen and oxygen atoms in total. The van der Waals surface area contributed by atoms with E-state index in [1.165, 1.54) is 13.2 Å². The van der Waals surface area contributed by atoms with Gasteiger partial charge in [-0.3, -0.25) is 14.4 Å². The minimum Gasteiger partial charge on any atom is -0.457 e. The van der Waals surface area contributed by atoms with Crippen molar-refractivity contribution in [3.05, 3.63) is 50.4 Å². The Morgan fingerprint density at radius 2 is 2.00 bits per heavy atom. The van der Waals surface area contributed by atoms with Gasteiger partial charge in [0.1, 0.15) is 24.1 Å². The number of ether oxygens (including phenoxy) is 4. The molecule has 4 aliphatic rings. The molecule has 0 spiro atoms.